The van der Waals surface area contributed by atoms with E-state index in [-0.39, 0.29) is 0 Å². The molecule has 12 fully saturated rings. The molecule has 0 amide bonds. The summed E-state index contributed by atoms with van der Waals surface area (Å²) in [5.41, 5.74) is 10.5. The number of hydrogen-bond acceptors (Lipinski definition) is 8. The van der Waals surface area contributed by atoms with Gasteiger partial charge in [0.05, 0.1) is 108 Å². The number of anilines is 6. The largest absolute Gasteiger partial charge is 0.353 e. The zero-order valence-electron chi connectivity index (χ0n) is 67.3. The van der Waals surface area contributed by atoms with E-state index in [1.807, 2.05) is 0 Å². The highest BCUT2D eigenvalue weighted by Gasteiger charge is 2.64. The zero-order valence-corrected chi connectivity index (χ0v) is 67.3. The van der Waals surface area contributed by atoms with E-state index in [1.165, 1.54) is 172 Å². The number of hydrogen-bond donors (Lipinski definition) is 0. The van der Waals surface area contributed by atoms with Crippen LogP contribution in [0.3, 0.4) is 0 Å². The Labute approximate surface area is 628 Å². The lowest BCUT2D eigenvalue weighted by molar-refractivity contribution is -0.659. The van der Waals surface area contributed by atoms with Crippen LogP contribution in [0.2, 0.25) is 0 Å². The predicted molar refractivity (Wildman–Crippen MR) is 430 cm³/mol. The summed E-state index contributed by atoms with van der Waals surface area (Å²) < 4.78 is 9.01. The Bertz CT molecular complexity index is 4110. The van der Waals surface area contributed by atoms with Crippen molar-refractivity contribution in [3.05, 3.63) is 193 Å². The molecule has 12 heterocycles. The minimum atomic E-state index is 0.368. The Morgan fingerprint density at radius 1 is 0.356 bits per heavy atom. The van der Waals surface area contributed by atoms with Gasteiger partial charge in [-0.2, -0.15) is 0 Å². The van der Waals surface area contributed by atoms with E-state index in [0.29, 0.717) is 64.4 Å². The van der Waals surface area contributed by atoms with Gasteiger partial charge in [-0.3, -0.25) is 29.4 Å². The van der Waals surface area contributed by atoms with Crippen molar-refractivity contribution < 1.29 is 18.3 Å². The van der Waals surface area contributed by atoms with Gasteiger partial charge in [0.25, 0.3) is 23.3 Å². The van der Waals surface area contributed by atoms with Gasteiger partial charge < -0.3 is 9.80 Å². The quantitative estimate of drug-likeness (QED) is 0.153. The van der Waals surface area contributed by atoms with Crippen molar-refractivity contribution in [2.45, 2.75) is 282 Å². The van der Waals surface area contributed by atoms with Gasteiger partial charge in [-0.05, 0) is 258 Å². The van der Waals surface area contributed by atoms with Crippen LogP contribution in [-0.2, 0) is 28.2 Å². The molecule has 14 aliphatic rings. The fourth-order valence-electron chi connectivity index (χ4n) is 23.3. The number of pyridine rings is 4. The Morgan fingerprint density at radius 2 is 0.846 bits per heavy atom. The maximum atomic E-state index is 2.67. The van der Waals surface area contributed by atoms with Crippen molar-refractivity contribution in [2.75, 3.05) is 43.5 Å². The third-order valence-electron chi connectivity index (χ3n) is 29.7. The standard InChI is InChI=1S/C20H24N2.C16H24N2.C15H23N2.2C14H21N2.C13H19N2/c1-14-8-4-7-11-18(14)22-15(2)21(3)19-12-13-20(22)17-10-6-5-9-16(17)19;1-12-6-4-5-7-16(12)18-13(2)17(3)14-8-10-15(18)11-9-14;1-12-14(2)8-9-15(3,11-14)17(12)13-7-5-6-10-16(13)4;1-11-14(2)8-7-12(10-14)16(11)13-6-4-5-9-15(13)3;1-11-12-7-8-14(2,10-12)16(11)13-6-4-5-9-15(13)3;1-10-11-6-7-12(9-11)15(10)13-5-3-4-8-14(13)2/h4-11,15,19-20H,12-13H2,1-3H3;4-7,13-15H,8-11H2,1-3H3;5-7,10,12H,8-9,11H2,1-4H3;2*4-6,9,11-12H,7-8,10H2,1-3H3;3-5,8,10-12H,6-7,9H2,1-2H3/q;;4*+1. The molecule has 21 rings (SSSR count). The van der Waals surface area contributed by atoms with E-state index in [4.69, 9.17) is 0 Å². The molecular weight excluding hydrogens is 1270 g/mol. The van der Waals surface area contributed by atoms with Crippen LogP contribution < -0.4 is 47.7 Å². The van der Waals surface area contributed by atoms with Crippen LogP contribution in [-0.4, -0.2) is 95.6 Å². The van der Waals surface area contributed by atoms with E-state index >= 15 is 0 Å². The van der Waals surface area contributed by atoms with Gasteiger partial charge in [-0.25, -0.2) is 18.3 Å². The van der Waals surface area contributed by atoms with Gasteiger partial charge >= 0.3 is 0 Å². The average molecular weight is 1410 g/mol. The van der Waals surface area contributed by atoms with Crippen LogP contribution in [0.25, 0.3) is 0 Å². The first-order valence-electron chi connectivity index (χ1n) is 41.0. The lowest BCUT2D eigenvalue weighted by Crippen LogP contribution is -2.53. The first-order chi connectivity index (χ1) is 49.8. The number of aromatic nitrogens is 4. The zero-order chi connectivity index (χ0) is 73.3. The smallest absolute Gasteiger partial charge is 0.276 e. The number of fused-ring (bicyclic) bond motifs is 15. The molecule has 7 saturated heterocycles. The van der Waals surface area contributed by atoms with Crippen LogP contribution in [0, 0.1) is 36.5 Å². The SMILES string of the molecule is CC1C2CCC(C)(C2)N1c1cccc[n+]1C.CC1C2CCC(C2)N1c1cccc[n+]1C.CC1N(c2cccc[n+]2C)C2(C)CCC1(C)C2.CC1N(c2cccc[n+]2C)C2CCC1(C)C2.Cc1ccccc1N1C2CCC(CC2)N(C)C1C.Cc1ccccc1N1C2CCC(c3ccccc32)N(C)C1C. The third-order valence-corrected chi connectivity index (χ3v) is 29.7. The molecule has 104 heavy (non-hydrogen) atoms. The van der Waals surface area contributed by atoms with Crippen molar-refractivity contribution in [2.24, 2.45) is 50.9 Å². The summed E-state index contributed by atoms with van der Waals surface area (Å²) in [4.78, 5) is 21.0. The van der Waals surface area contributed by atoms with E-state index < -0.39 is 0 Å². The molecule has 16 atom stereocenters. The molecule has 16 unspecified atom stereocenters. The minimum Gasteiger partial charge on any atom is -0.353 e. The first kappa shape index (κ1) is 73.9. The number of nitrogens with zero attached hydrogens (tertiary/aromatic N) is 12. The fraction of sp³-hybridized carbons (Fsp3) is 0.587. The molecule has 8 aliphatic heterocycles. The van der Waals surface area contributed by atoms with Crippen molar-refractivity contribution in [1.29, 1.82) is 0 Å². The number of rotatable bonds is 6. The molecule has 4 aromatic heterocycles. The number of piperidine rings is 4. The van der Waals surface area contributed by atoms with Gasteiger partial charge in [-0.1, -0.05) is 98.8 Å². The van der Waals surface area contributed by atoms with Crippen LogP contribution >= 0.6 is 0 Å². The summed E-state index contributed by atoms with van der Waals surface area (Å²) in [6.45, 7) is 28.5. The second kappa shape index (κ2) is 29.6. The highest BCUT2D eigenvalue weighted by molar-refractivity contribution is 5.58. The van der Waals surface area contributed by atoms with E-state index in [0.717, 1.165) is 42.0 Å². The van der Waals surface area contributed by atoms with Crippen LogP contribution in [0.4, 0.5) is 34.6 Å². The first-order valence-corrected chi connectivity index (χ1v) is 41.0. The van der Waals surface area contributed by atoms with Crippen LogP contribution in [0.15, 0.2) is 170 Å². The van der Waals surface area contributed by atoms with Crippen molar-refractivity contribution in [3.63, 3.8) is 0 Å². The maximum Gasteiger partial charge on any atom is 0.276 e. The summed E-state index contributed by atoms with van der Waals surface area (Å²) in [7, 11) is 13.2. The average Bonchev–Trinajstić information content (AvgIpc) is 1.57. The summed E-state index contributed by atoms with van der Waals surface area (Å²) >= 11 is 0. The number of benzene rings is 3. The Morgan fingerprint density at radius 3 is 1.36 bits per heavy atom. The predicted octanol–water partition coefficient (Wildman–Crippen LogP) is 17.2. The summed E-state index contributed by atoms with van der Waals surface area (Å²) in [5.74, 6) is 7.35. The van der Waals surface area contributed by atoms with Gasteiger partial charge in [0.1, 0.15) is 11.1 Å². The molecule has 3 aromatic carbocycles. The van der Waals surface area contributed by atoms with Crippen LogP contribution in [0.1, 0.15) is 219 Å². The van der Waals surface area contributed by atoms with Crippen molar-refractivity contribution >= 4 is 34.6 Å². The molecule has 556 valence electrons. The van der Waals surface area contributed by atoms with E-state index in [9.17, 15) is 0 Å². The molecular formula is C92H132N12+4. The molecule has 12 nitrogen and oxygen atoms in total. The molecule has 0 N–H and O–H groups in total. The third kappa shape index (κ3) is 13.5. The molecule has 5 saturated carbocycles. The Balaban J connectivity index is 0.000000106. The van der Waals surface area contributed by atoms with Crippen LogP contribution in [0.5, 0.6) is 0 Å². The highest BCUT2D eigenvalue weighted by Crippen LogP contribution is 2.59. The number of aryl methyl sites for hydroxylation is 6. The van der Waals surface area contributed by atoms with Gasteiger partial charge in [0.2, 0.25) is 0 Å². The normalized spacial score (nSPS) is 34.3. The topological polar surface area (TPSA) is 41.4 Å². The Kier molecular flexibility index (Phi) is 21.0. The summed E-state index contributed by atoms with van der Waals surface area (Å²) in [6, 6.07) is 59.6. The lowest BCUT2D eigenvalue weighted by atomic mass is 9.83. The highest BCUT2D eigenvalue weighted by atomic mass is 15.4. The summed E-state index contributed by atoms with van der Waals surface area (Å²) in [6.07, 6.45) is 34.1. The van der Waals surface area contributed by atoms with Crippen molar-refractivity contribution in [1.82, 2.24) is 9.80 Å². The van der Waals surface area contributed by atoms with Gasteiger partial charge in [-0.15, -0.1) is 0 Å². The maximum absolute atomic E-state index is 2.67. The Hall–Kier alpha value is -7.02. The molecule has 12 heteroatoms. The number of para-hydroxylation sites is 2. The van der Waals surface area contributed by atoms with E-state index in [1.54, 1.807) is 0 Å². The molecule has 0 radical (unpaired) electrons. The molecule has 6 aliphatic carbocycles. The second-order valence-corrected chi connectivity index (χ2v) is 35.9. The van der Waals surface area contributed by atoms with Crippen molar-refractivity contribution in [3.8, 4) is 0 Å². The van der Waals surface area contributed by atoms with Gasteiger partial charge in [0.15, 0.2) is 0 Å². The molecule has 12 bridgehead atoms. The van der Waals surface area contributed by atoms with Gasteiger partial charge in [0, 0.05) is 76.4 Å². The lowest BCUT2D eigenvalue weighted by Gasteiger charge is -2.39. The van der Waals surface area contributed by atoms with E-state index in [2.05, 4.69) is 353 Å². The molecule has 7 aromatic rings. The minimum absolute atomic E-state index is 0.368. The second-order valence-electron chi connectivity index (χ2n) is 35.9. The molecule has 0 spiro atoms. The monoisotopic (exact) mass is 1410 g/mol. The fourth-order valence-corrected chi connectivity index (χ4v) is 23.3. The summed E-state index contributed by atoms with van der Waals surface area (Å²) in [5, 5.41) is 0.